The van der Waals surface area contributed by atoms with Gasteiger partial charge in [0, 0.05) is 46.6 Å². The Morgan fingerprint density at radius 3 is 2.51 bits per heavy atom. The van der Waals surface area contributed by atoms with Crippen molar-refractivity contribution in [2.24, 2.45) is 0 Å². The Bertz CT molecular complexity index is 1610. The molecule has 0 unspecified atom stereocenters. The molecule has 5 aromatic rings. The number of rotatable bonds is 9. The van der Waals surface area contributed by atoms with Gasteiger partial charge in [0.25, 0.3) is 11.8 Å². The Balaban J connectivity index is 1.21. The number of carbonyl (C=O) groups is 2. The number of para-hydroxylation sites is 2. The predicted octanol–water partition coefficient (Wildman–Crippen LogP) is 6.05. The normalized spacial score (nSPS) is 10.7. The summed E-state index contributed by atoms with van der Waals surface area (Å²) in [6, 6.07) is 29.9. The molecular formula is C31H25BrN4O3. The maximum Gasteiger partial charge on any atom is 0.259 e. The summed E-state index contributed by atoms with van der Waals surface area (Å²) in [6.07, 6.45) is 3.15. The van der Waals surface area contributed by atoms with Gasteiger partial charge in [0.15, 0.2) is 0 Å². The van der Waals surface area contributed by atoms with E-state index in [2.05, 4.69) is 31.2 Å². The number of anilines is 1. The second kappa shape index (κ2) is 12.3. The first-order valence-electron chi connectivity index (χ1n) is 12.4. The van der Waals surface area contributed by atoms with Crippen molar-refractivity contribution in [3.05, 3.63) is 131 Å². The molecule has 2 heterocycles. The molecule has 0 aliphatic carbocycles. The van der Waals surface area contributed by atoms with Crippen LogP contribution in [0.3, 0.4) is 0 Å². The number of benzene rings is 3. The van der Waals surface area contributed by atoms with E-state index >= 15 is 0 Å². The second-order valence-electron chi connectivity index (χ2n) is 8.75. The highest BCUT2D eigenvalue weighted by atomic mass is 79.9. The first-order chi connectivity index (χ1) is 19.1. The minimum atomic E-state index is -0.256. The van der Waals surface area contributed by atoms with Gasteiger partial charge < -0.3 is 15.0 Å². The number of carbonyl (C=O) groups excluding carboxylic acids is 2. The highest BCUT2D eigenvalue weighted by Gasteiger charge is 2.19. The number of pyridine rings is 2. The van der Waals surface area contributed by atoms with Crippen LogP contribution in [0.2, 0.25) is 0 Å². The van der Waals surface area contributed by atoms with E-state index in [1.807, 2.05) is 66.7 Å². The van der Waals surface area contributed by atoms with Gasteiger partial charge in [-0.05, 0) is 64.5 Å². The van der Waals surface area contributed by atoms with Crippen LogP contribution in [0.5, 0.6) is 5.75 Å². The molecule has 0 fully saturated rings. The average molecular weight is 581 g/mol. The van der Waals surface area contributed by atoms with E-state index in [9.17, 15) is 9.59 Å². The lowest BCUT2D eigenvalue weighted by Crippen LogP contribution is -2.38. The molecule has 1 N–H and O–H groups in total. The smallest absolute Gasteiger partial charge is 0.259 e. The molecule has 0 atom stereocenters. The maximum absolute atomic E-state index is 13.3. The Kier molecular flexibility index (Phi) is 8.23. The fourth-order valence-electron chi connectivity index (χ4n) is 4.10. The SMILES string of the molecule is O=C(NCCN(C(=O)c1cncc(Br)c1)c1ccccc1)c1cccc(OCc2ccc3ccccc3n2)c1. The van der Waals surface area contributed by atoms with Crippen LogP contribution in [-0.4, -0.2) is 34.9 Å². The van der Waals surface area contributed by atoms with Crippen molar-refractivity contribution in [1.82, 2.24) is 15.3 Å². The highest BCUT2D eigenvalue weighted by Crippen LogP contribution is 2.19. The van der Waals surface area contributed by atoms with Gasteiger partial charge in [-0.2, -0.15) is 0 Å². The molecular weight excluding hydrogens is 556 g/mol. The lowest BCUT2D eigenvalue weighted by Gasteiger charge is -2.23. The largest absolute Gasteiger partial charge is 0.487 e. The van der Waals surface area contributed by atoms with Crippen LogP contribution >= 0.6 is 15.9 Å². The lowest BCUT2D eigenvalue weighted by atomic mass is 10.2. The van der Waals surface area contributed by atoms with Crippen LogP contribution in [-0.2, 0) is 6.61 Å². The summed E-state index contributed by atoms with van der Waals surface area (Å²) in [5, 5.41) is 3.98. The minimum absolute atomic E-state index is 0.207. The summed E-state index contributed by atoms with van der Waals surface area (Å²) >= 11 is 3.37. The summed E-state index contributed by atoms with van der Waals surface area (Å²) in [4.78, 5) is 36.6. The zero-order valence-corrected chi connectivity index (χ0v) is 22.5. The van der Waals surface area contributed by atoms with Crippen molar-refractivity contribution < 1.29 is 14.3 Å². The van der Waals surface area contributed by atoms with E-state index in [0.717, 1.165) is 22.3 Å². The molecule has 0 saturated heterocycles. The average Bonchev–Trinajstić information content (AvgIpc) is 2.98. The molecule has 0 radical (unpaired) electrons. The summed E-state index contributed by atoms with van der Waals surface area (Å²) in [6.45, 7) is 0.826. The topological polar surface area (TPSA) is 84.4 Å². The van der Waals surface area contributed by atoms with Crippen molar-refractivity contribution in [3.8, 4) is 5.75 Å². The van der Waals surface area contributed by atoms with Gasteiger partial charge in [0.2, 0.25) is 0 Å². The van der Waals surface area contributed by atoms with Crippen LogP contribution in [0.1, 0.15) is 26.4 Å². The van der Waals surface area contributed by atoms with E-state index in [1.165, 1.54) is 6.20 Å². The third-order valence-electron chi connectivity index (χ3n) is 6.02. The van der Waals surface area contributed by atoms with Gasteiger partial charge in [0.1, 0.15) is 12.4 Å². The summed E-state index contributed by atoms with van der Waals surface area (Å²) in [7, 11) is 0. The minimum Gasteiger partial charge on any atom is -0.487 e. The molecule has 39 heavy (non-hydrogen) atoms. The summed E-state index contributed by atoms with van der Waals surface area (Å²) in [5.74, 6) is 0.108. The molecule has 0 bridgehead atoms. The van der Waals surface area contributed by atoms with Gasteiger partial charge in [-0.25, -0.2) is 4.98 Å². The molecule has 8 heteroatoms. The third-order valence-corrected chi connectivity index (χ3v) is 6.46. The number of nitrogens with one attached hydrogen (secondary N) is 1. The van der Waals surface area contributed by atoms with Gasteiger partial charge >= 0.3 is 0 Å². The number of aromatic nitrogens is 2. The molecule has 0 aliphatic rings. The van der Waals surface area contributed by atoms with Crippen LogP contribution in [0.15, 0.2) is 114 Å². The highest BCUT2D eigenvalue weighted by molar-refractivity contribution is 9.10. The maximum atomic E-state index is 13.3. The van der Waals surface area contributed by atoms with E-state index < -0.39 is 0 Å². The number of fused-ring (bicyclic) bond motifs is 1. The van der Waals surface area contributed by atoms with Gasteiger partial charge in [-0.3, -0.25) is 14.6 Å². The number of ether oxygens (including phenoxy) is 1. The Labute approximate surface area is 234 Å². The summed E-state index contributed by atoms with van der Waals surface area (Å²) in [5.41, 5.74) is 3.35. The predicted molar refractivity (Wildman–Crippen MR) is 155 cm³/mol. The van der Waals surface area contributed by atoms with Crippen LogP contribution in [0.4, 0.5) is 5.69 Å². The fourth-order valence-corrected chi connectivity index (χ4v) is 4.46. The van der Waals surface area contributed by atoms with Crippen LogP contribution in [0, 0.1) is 0 Å². The fraction of sp³-hybridized carbons (Fsp3) is 0.0968. The van der Waals surface area contributed by atoms with Gasteiger partial charge in [-0.1, -0.05) is 48.5 Å². The number of hydrogen-bond donors (Lipinski definition) is 1. The Morgan fingerprint density at radius 2 is 1.67 bits per heavy atom. The zero-order valence-electron chi connectivity index (χ0n) is 21.0. The second-order valence-corrected chi connectivity index (χ2v) is 9.67. The first kappa shape index (κ1) is 26.1. The van der Waals surface area contributed by atoms with Crippen molar-refractivity contribution in [3.63, 3.8) is 0 Å². The number of amides is 2. The quantitative estimate of drug-likeness (QED) is 0.229. The van der Waals surface area contributed by atoms with E-state index in [0.29, 0.717) is 21.3 Å². The molecule has 3 aromatic carbocycles. The van der Waals surface area contributed by atoms with Crippen molar-refractivity contribution in [2.45, 2.75) is 6.61 Å². The monoisotopic (exact) mass is 580 g/mol. The third kappa shape index (κ3) is 6.66. The van der Waals surface area contributed by atoms with Crippen LogP contribution < -0.4 is 15.0 Å². The molecule has 0 saturated carbocycles. The number of halogens is 1. The first-order valence-corrected chi connectivity index (χ1v) is 13.2. The van der Waals surface area contributed by atoms with Gasteiger partial charge in [-0.15, -0.1) is 0 Å². The molecule has 0 spiro atoms. The molecule has 194 valence electrons. The van der Waals surface area contributed by atoms with Crippen molar-refractivity contribution in [1.29, 1.82) is 0 Å². The van der Waals surface area contributed by atoms with Crippen molar-refractivity contribution in [2.75, 3.05) is 18.0 Å². The molecule has 5 rings (SSSR count). The van der Waals surface area contributed by atoms with E-state index in [-0.39, 0.29) is 31.5 Å². The Morgan fingerprint density at radius 1 is 0.846 bits per heavy atom. The molecule has 2 aromatic heterocycles. The zero-order chi connectivity index (χ0) is 27.0. The molecule has 7 nitrogen and oxygen atoms in total. The number of hydrogen-bond acceptors (Lipinski definition) is 5. The molecule has 2 amide bonds. The van der Waals surface area contributed by atoms with E-state index in [4.69, 9.17) is 4.74 Å². The Hall–Kier alpha value is -4.56. The standard InChI is InChI=1S/C31H25BrN4O3/c32-25-17-24(19-33-20-25)31(38)36(27-9-2-1-3-10-27)16-15-34-30(37)23-8-6-11-28(18-23)39-21-26-14-13-22-7-4-5-12-29(22)35-26/h1-14,17-20H,15-16,21H2,(H,34,37). The van der Waals surface area contributed by atoms with Gasteiger partial charge in [0.05, 0.1) is 16.8 Å². The molecule has 0 aliphatic heterocycles. The van der Waals surface area contributed by atoms with Crippen molar-refractivity contribution >= 4 is 44.3 Å². The number of nitrogens with zero attached hydrogens (tertiary/aromatic N) is 3. The summed E-state index contributed by atoms with van der Waals surface area (Å²) < 4.78 is 6.63. The van der Waals surface area contributed by atoms with Crippen LogP contribution in [0.25, 0.3) is 10.9 Å². The van der Waals surface area contributed by atoms with E-state index in [1.54, 1.807) is 41.4 Å². The lowest BCUT2D eigenvalue weighted by molar-refractivity contribution is 0.0942.